The maximum absolute atomic E-state index is 6.27. The number of aromatic nitrogens is 4. The minimum absolute atomic E-state index is 0.130. The number of imidazole rings is 1. The zero-order valence-electron chi connectivity index (χ0n) is 15.1. The fraction of sp³-hybridized carbons (Fsp3) is 0.429. The second-order valence-corrected chi connectivity index (χ2v) is 7.67. The van der Waals surface area contributed by atoms with Crippen molar-refractivity contribution in [1.29, 1.82) is 0 Å². The summed E-state index contributed by atoms with van der Waals surface area (Å²) in [6.07, 6.45) is 13.9. The van der Waals surface area contributed by atoms with E-state index in [9.17, 15) is 0 Å². The highest BCUT2D eigenvalue weighted by Gasteiger charge is 2.43. The van der Waals surface area contributed by atoms with Crippen LogP contribution < -0.4 is 0 Å². The molecule has 5 nitrogen and oxygen atoms in total. The summed E-state index contributed by atoms with van der Waals surface area (Å²) in [6.45, 7) is 2.94. The van der Waals surface area contributed by atoms with Crippen LogP contribution in [0.2, 0.25) is 0 Å². The highest BCUT2D eigenvalue weighted by Crippen LogP contribution is 2.45. The van der Waals surface area contributed by atoms with Gasteiger partial charge in [0.05, 0.1) is 23.9 Å². The first kappa shape index (κ1) is 15.8. The molecule has 2 fully saturated rings. The Labute approximate surface area is 153 Å². The van der Waals surface area contributed by atoms with Crippen LogP contribution in [0.25, 0.3) is 17.1 Å². The lowest BCUT2D eigenvalue weighted by atomic mass is 9.96. The van der Waals surface area contributed by atoms with Gasteiger partial charge in [0.1, 0.15) is 5.82 Å². The summed E-state index contributed by atoms with van der Waals surface area (Å²) in [4.78, 5) is 4.68. The summed E-state index contributed by atoms with van der Waals surface area (Å²) in [6, 6.07) is 8.76. The van der Waals surface area contributed by atoms with Crippen molar-refractivity contribution in [2.45, 2.75) is 50.7 Å². The second-order valence-electron chi connectivity index (χ2n) is 7.67. The third-order valence-corrected chi connectivity index (χ3v) is 5.99. The standard InChI is InChI=1S/C21H24N4O/c1-16-13-17(25-11-4-9-23-25)5-6-19(16)20-22-10-12-24(20)18-14-21(26-15-18)7-2-3-8-21/h4-6,9-13,18H,2-3,7-8,14-15H2,1H3/t18-/m0/s1. The van der Waals surface area contributed by atoms with Gasteiger partial charge < -0.3 is 9.30 Å². The van der Waals surface area contributed by atoms with Gasteiger partial charge >= 0.3 is 0 Å². The zero-order valence-corrected chi connectivity index (χ0v) is 15.1. The number of rotatable bonds is 3. The number of benzene rings is 1. The molecule has 0 amide bonds. The molecule has 2 aromatic heterocycles. The fourth-order valence-corrected chi connectivity index (χ4v) is 4.65. The van der Waals surface area contributed by atoms with Crippen LogP contribution in [0, 0.1) is 6.92 Å². The van der Waals surface area contributed by atoms with Crippen molar-refractivity contribution in [3.05, 3.63) is 54.6 Å². The molecule has 0 unspecified atom stereocenters. The Morgan fingerprint density at radius 1 is 1.15 bits per heavy atom. The van der Waals surface area contributed by atoms with Gasteiger partial charge in [0.2, 0.25) is 0 Å². The first-order chi connectivity index (χ1) is 12.7. The van der Waals surface area contributed by atoms with Crippen LogP contribution in [0.3, 0.4) is 0 Å². The molecule has 3 aromatic rings. The number of hydrogen-bond donors (Lipinski definition) is 0. The van der Waals surface area contributed by atoms with Crippen LogP contribution in [-0.2, 0) is 4.74 Å². The van der Waals surface area contributed by atoms with E-state index in [0.717, 1.165) is 24.5 Å². The Bertz CT molecular complexity index is 906. The molecule has 2 aliphatic rings. The molecule has 1 saturated carbocycles. The van der Waals surface area contributed by atoms with Gasteiger partial charge in [-0.3, -0.25) is 0 Å². The average Bonchev–Trinajstić information content (AvgIpc) is 3.45. The fourth-order valence-electron chi connectivity index (χ4n) is 4.65. The van der Waals surface area contributed by atoms with Crippen molar-refractivity contribution >= 4 is 0 Å². The summed E-state index contributed by atoms with van der Waals surface area (Å²) < 4.78 is 10.5. The molecule has 3 heterocycles. The molecule has 1 aliphatic carbocycles. The predicted octanol–water partition coefficient (Wildman–Crippen LogP) is 4.32. The van der Waals surface area contributed by atoms with Gasteiger partial charge in [0, 0.05) is 30.4 Å². The van der Waals surface area contributed by atoms with E-state index in [-0.39, 0.29) is 5.60 Å². The monoisotopic (exact) mass is 348 g/mol. The Morgan fingerprint density at radius 2 is 2.04 bits per heavy atom. The van der Waals surface area contributed by atoms with Crippen LogP contribution in [0.15, 0.2) is 49.1 Å². The lowest BCUT2D eigenvalue weighted by molar-refractivity contribution is 0.00960. The molecular weight excluding hydrogens is 324 g/mol. The van der Waals surface area contributed by atoms with E-state index < -0.39 is 0 Å². The van der Waals surface area contributed by atoms with E-state index in [0.29, 0.717) is 6.04 Å². The number of ether oxygens (including phenoxy) is 1. The van der Waals surface area contributed by atoms with E-state index >= 15 is 0 Å². The van der Waals surface area contributed by atoms with E-state index in [2.05, 4.69) is 46.0 Å². The Morgan fingerprint density at radius 3 is 2.81 bits per heavy atom. The minimum Gasteiger partial charge on any atom is -0.373 e. The van der Waals surface area contributed by atoms with Gasteiger partial charge in [-0.15, -0.1) is 0 Å². The molecule has 0 N–H and O–H groups in total. The molecule has 1 saturated heterocycles. The molecular formula is C21H24N4O. The minimum atomic E-state index is 0.130. The van der Waals surface area contributed by atoms with Crippen LogP contribution >= 0.6 is 0 Å². The van der Waals surface area contributed by atoms with Gasteiger partial charge in [0.25, 0.3) is 0 Å². The van der Waals surface area contributed by atoms with E-state index in [4.69, 9.17) is 4.74 Å². The summed E-state index contributed by atoms with van der Waals surface area (Å²) in [5.41, 5.74) is 3.59. The lowest BCUT2D eigenvalue weighted by Crippen LogP contribution is -2.23. The number of aryl methyl sites for hydroxylation is 1. The zero-order chi connectivity index (χ0) is 17.6. The second kappa shape index (κ2) is 6.09. The SMILES string of the molecule is Cc1cc(-n2cccn2)ccc1-c1nccn1[C@@H]1COC2(CCCC2)C1. The molecule has 1 aromatic carbocycles. The normalized spacial score (nSPS) is 21.7. The molecule has 5 rings (SSSR count). The summed E-state index contributed by atoms with van der Waals surface area (Å²) in [7, 11) is 0. The molecule has 0 bridgehead atoms. The van der Waals surface area contributed by atoms with Gasteiger partial charge in [-0.2, -0.15) is 5.10 Å². The van der Waals surface area contributed by atoms with Crippen LogP contribution in [-0.4, -0.2) is 31.5 Å². The molecule has 0 radical (unpaired) electrons. The van der Waals surface area contributed by atoms with E-state index in [1.165, 1.54) is 36.8 Å². The van der Waals surface area contributed by atoms with Gasteiger partial charge in [-0.05, 0) is 56.0 Å². The summed E-state index contributed by atoms with van der Waals surface area (Å²) >= 11 is 0. The first-order valence-electron chi connectivity index (χ1n) is 9.52. The van der Waals surface area contributed by atoms with Crippen molar-refractivity contribution in [1.82, 2.24) is 19.3 Å². The average molecular weight is 348 g/mol. The highest BCUT2D eigenvalue weighted by atomic mass is 16.5. The Balaban J connectivity index is 1.46. The molecule has 26 heavy (non-hydrogen) atoms. The lowest BCUT2D eigenvalue weighted by Gasteiger charge is -2.22. The van der Waals surface area contributed by atoms with Gasteiger partial charge in [0.15, 0.2) is 0 Å². The van der Waals surface area contributed by atoms with E-state index in [1.807, 2.05) is 23.1 Å². The predicted molar refractivity (Wildman–Crippen MR) is 100 cm³/mol. The Kier molecular flexibility index (Phi) is 3.71. The molecule has 1 aliphatic heterocycles. The van der Waals surface area contributed by atoms with Crippen molar-refractivity contribution in [3.8, 4) is 17.1 Å². The first-order valence-corrected chi connectivity index (χ1v) is 9.52. The molecule has 1 spiro atoms. The largest absolute Gasteiger partial charge is 0.373 e. The maximum atomic E-state index is 6.27. The summed E-state index contributed by atoms with van der Waals surface area (Å²) in [5.74, 6) is 1.04. The van der Waals surface area contributed by atoms with Crippen molar-refractivity contribution in [3.63, 3.8) is 0 Å². The van der Waals surface area contributed by atoms with E-state index in [1.54, 1.807) is 6.20 Å². The van der Waals surface area contributed by atoms with Crippen LogP contribution in [0.4, 0.5) is 0 Å². The van der Waals surface area contributed by atoms with Crippen molar-refractivity contribution in [2.24, 2.45) is 0 Å². The summed E-state index contributed by atoms with van der Waals surface area (Å²) in [5, 5.41) is 4.32. The third-order valence-electron chi connectivity index (χ3n) is 5.99. The van der Waals surface area contributed by atoms with Gasteiger partial charge in [-0.1, -0.05) is 12.8 Å². The van der Waals surface area contributed by atoms with Crippen molar-refractivity contribution in [2.75, 3.05) is 6.61 Å². The number of hydrogen-bond acceptors (Lipinski definition) is 3. The molecule has 5 heteroatoms. The quantitative estimate of drug-likeness (QED) is 0.708. The van der Waals surface area contributed by atoms with Gasteiger partial charge in [-0.25, -0.2) is 9.67 Å². The highest BCUT2D eigenvalue weighted by molar-refractivity contribution is 5.63. The van der Waals surface area contributed by atoms with Crippen LogP contribution in [0.5, 0.6) is 0 Å². The van der Waals surface area contributed by atoms with Crippen molar-refractivity contribution < 1.29 is 4.74 Å². The topological polar surface area (TPSA) is 44.9 Å². The maximum Gasteiger partial charge on any atom is 0.140 e. The Hall–Kier alpha value is -2.40. The third kappa shape index (κ3) is 2.58. The van der Waals surface area contributed by atoms with Crippen LogP contribution in [0.1, 0.15) is 43.7 Å². The molecule has 1 atom stereocenters. The molecule has 134 valence electrons. The number of nitrogens with zero attached hydrogens (tertiary/aromatic N) is 4. The smallest absolute Gasteiger partial charge is 0.140 e.